The van der Waals surface area contributed by atoms with Crippen molar-refractivity contribution in [2.24, 2.45) is 0 Å². The van der Waals surface area contributed by atoms with E-state index >= 15 is 0 Å². The summed E-state index contributed by atoms with van der Waals surface area (Å²) < 4.78 is 0. The maximum Gasteiger partial charge on any atom is 0.328 e. The van der Waals surface area contributed by atoms with Crippen LogP contribution in [0.25, 0.3) is 0 Å². The fourth-order valence-electron chi connectivity index (χ4n) is 3.71. The first-order valence-electron chi connectivity index (χ1n) is 10.8. The number of halogens is 3. The Morgan fingerprint density at radius 3 is 2.44 bits per heavy atom. The first-order valence-corrected chi connectivity index (χ1v) is 12.0. The van der Waals surface area contributed by atoms with Gasteiger partial charge in [-0.15, -0.1) is 0 Å². The maximum absolute atomic E-state index is 13.0. The van der Waals surface area contributed by atoms with E-state index in [2.05, 4.69) is 16.1 Å². The molecule has 5 N–H and O–H groups in total. The molecule has 0 bridgehead atoms. The van der Waals surface area contributed by atoms with Gasteiger partial charge in [-0.1, -0.05) is 34.8 Å². The summed E-state index contributed by atoms with van der Waals surface area (Å²) in [4.78, 5) is 39.2. The second-order valence-electron chi connectivity index (χ2n) is 8.30. The smallest absolute Gasteiger partial charge is 0.328 e. The molecular formula is C23H25Cl3N6O4. The van der Waals surface area contributed by atoms with Gasteiger partial charge in [0.15, 0.2) is 0 Å². The Labute approximate surface area is 223 Å². The Morgan fingerprint density at radius 2 is 1.83 bits per heavy atom. The van der Waals surface area contributed by atoms with Crippen molar-refractivity contribution >= 4 is 58.5 Å². The Balaban J connectivity index is 1.75. The molecular weight excluding hydrogens is 531 g/mol. The molecule has 192 valence electrons. The number of benzene rings is 2. The lowest BCUT2D eigenvalue weighted by atomic mass is 9.96. The van der Waals surface area contributed by atoms with Gasteiger partial charge >= 0.3 is 5.97 Å². The molecule has 2 aromatic rings. The summed E-state index contributed by atoms with van der Waals surface area (Å²) in [5.74, 6) is -2.36. The van der Waals surface area contributed by atoms with Crippen LogP contribution in [0.4, 0.5) is 0 Å². The van der Waals surface area contributed by atoms with Gasteiger partial charge in [0.1, 0.15) is 6.04 Å². The third kappa shape index (κ3) is 6.58. The van der Waals surface area contributed by atoms with Crippen LogP contribution in [-0.4, -0.2) is 72.0 Å². The number of hydrazine groups is 1. The topological polar surface area (TPSA) is 138 Å². The molecule has 1 atom stereocenters. The van der Waals surface area contributed by atoms with Crippen LogP contribution in [0.5, 0.6) is 0 Å². The molecule has 13 heteroatoms. The summed E-state index contributed by atoms with van der Waals surface area (Å²) in [5, 5.41) is 24.4. The highest BCUT2D eigenvalue weighted by molar-refractivity contribution is 6.40. The van der Waals surface area contributed by atoms with Gasteiger partial charge in [-0.05, 0) is 47.9 Å². The maximum atomic E-state index is 13.0. The van der Waals surface area contributed by atoms with Gasteiger partial charge in [0.25, 0.3) is 11.8 Å². The number of guanidine groups is 1. The predicted octanol–water partition coefficient (Wildman–Crippen LogP) is 2.62. The van der Waals surface area contributed by atoms with E-state index in [-0.39, 0.29) is 40.6 Å². The van der Waals surface area contributed by atoms with Crippen molar-refractivity contribution < 1.29 is 19.5 Å². The molecule has 1 aliphatic heterocycles. The normalized spacial score (nSPS) is 13.6. The molecule has 1 aliphatic rings. The van der Waals surface area contributed by atoms with E-state index in [4.69, 9.17) is 40.2 Å². The summed E-state index contributed by atoms with van der Waals surface area (Å²) in [6, 6.07) is 6.82. The molecule has 0 fully saturated rings. The molecule has 1 heterocycles. The standard InChI is InChI=1S/C23H25Cl3N6O4/c1-31(2)30-23(27)28-10-17(22(35)36)29-20(33)18-16(25)9-13-11-32(8-7-15(13)19(18)26)21(34)12-3-5-14(24)6-4-12/h3-6,9,17H,7-8,10-11H2,1-2H3,(H,29,33)(H,35,36)(H3,27,28,30)/t17-/m0/s1. The van der Waals surface area contributed by atoms with Crippen LogP contribution in [0, 0.1) is 5.41 Å². The number of hydrogen-bond donors (Lipinski definition) is 5. The molecule has 0 radical (unpaired) electrons. The number of fused-ring (bicyclic) bond motifs is 1. The van der Waals surface area contributed by atoms with Crippen LogP contribution in [0.3, 0.4) is 0 Å². The lowest BCUT2D eigenvalue weighted by Gasteiger charge is -2.30. The highest BCUT2D eigenvalue weighted by Crippen LogP contribution is 2.35. The lowest BCUT2D eigenvalue weighted by molar-refractivity contribution is -0.139. The van der Waals surface area contributed by atoms with Crippen LogP contribution < -0.4 is 16.1 Å². The van der Waals surface area contributed by atoms with E-state index in [1.807, 2.05) is 0 Å². The third-order valence-electron chi connectivity index (χ3n) is 5.43. The molecule has 0 saturated heterocycles. The number of rotatable bonds is 7. The van der Waals surface area contributed by atoms with Crippen LogP contribution in [-0.2, 0) is 17.8 Å². The fraction of sp³-hybridized carbons (Fsp3) is 0.304. The summed E-state index contributed by atoms with van der Waals surface area (Å²) in [7, 11) is 3.33. The fourth-order valence-corrected chi connectivity index (χ4v) is 4.60. The van der Waals surface area contributed by atoms with E-state index in [1.54, 1.807) is 49.3 Å². The highest BCUT2D eigenvalue weighted by Gasteiger charge is 2.29. The molecule has 0 spiro atoms. The SMILES string of the molecule is CN(C)NC(=N)NC[C@H](NC(=O)c1c(Cl)cc2c(c1Cl)CCN(C(=O)c1ccc(Cl)cc1)C2)C(=O)O. The van der Waals surface area contributed by atoms with Crippen LogP contribution in [0.2, 0.25) is 15.1 Å². The Hall–Kier alpha value is -3.05. The Kier molecular flexibility index (Phi) is 9.02. The first-order chi connectivity index (χ1) is 17.0. The second-order valence-corrected chi connectivity index (χ2v) is 9.52. The molecule has 2 amide bonds. The van der Waals surface area contributed by atoms with E-state index in [0.29, 0.717) is 34.7 Å². The summed E-state index contributed by atoms with van der Waals surface area (Å²) in [6.07, 6.45) is 0.391. The molecule has 0 saturated carbocycles. The molecule has 2 aromatic carbocycles. The van der Waals surface area contributed by atoms with Gasteiger partial charge < -0.3 is 20.6 Å². The van der Waals surface area contributed by atoms with Crippen molar-refractivity contribution in [1.82, 2.24) is 26.0 Å². The number of aliphatic carboxylic acids is 1. The van der Waals surface area contributed by atoms with Gasteiger partial charge in [-0.25, -0.2) is 9.80 Å². The molecule has 36 heavy (non-hydrogen) atoms. The number of nitrogens with zero attached hydrogens (tertiary/aromatic N) is 2. The largest absolute Gasteiger partial charge is 0.480 e. The molecule has 10 nitrogen and oxygen atoms in total. The number of carboxylic acids is 1. The number of nitrogens with one attached hydrogen (secondary N) is 4. The van der Waals surface area contributed by atoms with Crippen molar-refractivity contribution in [2.75, 3.05) is 27.2 Å². The minimum absolute atomic E-state index is 0.0381. The minimum Gasteiger partial charge on any atom is -0.480 e. The molecule has 0 aliphatic carbocycles. The summed E-state index contributed by atoms with van der Waals surface area (Å²) in [6.45, 7) is 0.378. The number of carbonyl (C=O) groups is 3. The van der Waals surface area contributed by atoms with Crippen molar-refractivity contribution in [1.29, 1.82) is 5.41 Å². The highest BCUT2D eigenvalue weighted by atomic mass is 35.5. The zero-order valence-electron chi connectivity index (χ0n) is 19.5. The number of carboxylic acid groups (broad SMARTS) is 1. The molecule has 0 unspecified atom stereocenters. The van der Waals surface area contributed by atoms with E-state index < -0.39 is 17.9 Å². The predicted molar refractivity (Wildman–Crippen MR) is 138 cm³/mol. The number of hydrogen-bond acceptors (Lipinski definition) is 5. The van der Waals surface area contributed by atoms with E-state index in [9.17, 15) is 19.5 Å². The van der Waals surface area contributed by atoms with E-state index in [1.165, 1.54) is 5.01 Å². The summed E-state index contributed by atoms with van der Waals surface area (Å²) >= 11 is 18.9. The second kappa shape index (κ2) is 11.8. The zero-order chi connectivity index (χ0) is 26.6. The third-order valence-corrected chi connectivity index (χ3v) is 6.40. The van der Waals surface area contributed by atoms with Crippen molar-refractivity contribution in [3.05, 3.63) is 67.7 Å². The molecule has 3 rings (SSSR count). The average molecular weight is 556 g/mol. The summed E-state index contributed by atoms with van der Waals surface area (Å²) in [5.41, 5.74) is 4.46. The molecule has 0 aromatic heterocycles. The lowest BCUT2D eigenvalue weighted by Crippen LogP contribution is -2.52. The van der Waals surface area contributed by atoms with Gasteiger partial charge in [-0.2, -0.15) is 0 Å². The van der Waals surface area contributed by atoms with Gasteiger partial charge in [0.05, 0.1) is 15.6 Å². The zero-order valence-corrected chi connectivity index (χ0v) is 21.8. The van der Waals surface area contributed by atoms with Crippen molar-refractivity contribution in [3.63, 3.8) is 0 Å². The number of amides is 2. The van der Waals surface area contributed by atoms with E-state index in [0.717, 1.165) is 0 Å². The Bertz CT molecular complexity index is 1190. The number of carbonyl (C=O) groups excluding carboxylic acids is 2. The quantitative estimate of drug-likeness (QED) is 0.201. The minimum atomic E-state index is -1.35. The van der Waals surface area contributed by atoms with Crippen molar-refractivity contribution in [2.45, 2.75) is 19.0 Å². The van der Waals surface area contributed by atoms with Gasteiger partial charge in [0, 0.05) is 44.3 Å². The van der Waals surface area contributed by atoms with Crippen molar-refractivity contribution in [3.8, 4) is 0 Å². The van der Waals surface area contributed by atoms with Gasteiger partial charge in [0.2, 0.25) is 5.96 Å². The van der Waals surface area contributed by atoms with Crippen LogP contribution in [0.15, 0.2) is 30.3 Å². The first kappa shape index (κ1) is 27.5. The van der Waals surface area contributed by atoms with Gasteiger partial charge in [-0.3, -0.25) is 20.4 Å². The Morgan fingerprint density at radius 1 is 1.17 bits per heavy atom. The van der Waals surface area contributed by atoms with Crippen LogP contribution in [0.1, 0.15) is 31.8 Å². The average Bonchev–Trinajstić information content (AvgIpc) is 2.80. The monoisotopic (exact) mass is 554 g/mol. The van der Waals surface area contributed by atoms with Crippen LogP contribution >= 0.6 is 34.8 Å².